The van der Waals surface area contributed by atoms with E-state index in [-0.39, 0.29) is 17.9 Å². The molecule has 1 atom stereocenters. The fourth-order valence-corrected chi connectivity index (χ4v) is 2.18. The number of fused-ring (bicyclic) bond motifs is 1. The van der Waals surface area contributed by atoms with Crippen LogP contribution in [0.4, 0.5) is 0 Å². The lowest BCUT2D eigenvalue weighted by Crippen LogP contribution is -2.33. The number of nitrogens with two attached hydrogens (primary N) is 1. The molecule has 2 aromatic rings. The van der Waals surface area contributed by atoms with Crippen LogP contribution < -0.4 is 11.4 Å². The predicted molar refractivity (Wildman–Crippen MR) is 81.9 cm³/mol. The minimum Gasteiger partial charge on any atom is -0.507 e. The Morgan fingerprint density at radius 3 is 2.70 bits per heavy atom. The molecule has 0 unspecified atom stereocenters. The lowest BCUT2D eigenvalue weighted by atomic mass is 10.1. The molecule has 1 aromatic heterocycles. The lowest BCUT2D eigenvalue weighted by Gasteiger charge is -2.09. The zero-order valence-electron chi connectivity index (χ0n) is 11.6. The van der Waals surface area contributed by atoms with Crippen LogP contribution in [0.3, 0.4) is 0 Å². The normalized spacial score (nSPS) is 12.1. The van der Waals surface area contributed by atoms with Gasteiger partial charge in [0, 0.05) is 23.1 Å². The third-order valence-corrected chi connectivity index (χ3v) is 3.63. The highest BCUT2D eigenvalue weighted by Gasteiger charge is 2.18. The van der Waals surface area contributed by atoms with E-state index >= 15 is 0 Å². The molecular weight excluding hydrogens is 374 g/mol. The number of phenolic OH excluding ortho intramolecular Hbond substituents is 1. The van der Waals surface area contributed by atoms with Crippen molar-refractivity contribution < 1.29 is 29.0 Å². The third-order valence-electron chi connectivity index (χ3n) is 2.99. The molecule has 122 valence electrons. The molecule has 0 aliphatic heterocycles. The number of rotatable bonds is 5. The summed E-state index contributed by atoms with van der Waals surface area (Å²) < 4.78 is 10.3. The molecule has 0 fully saturated rings. The molecule has 23 heavy (non-hydrogen) atoms. The summed E-state index contributed by atoms with van der Waals surface area (Å²) in [4.78, 5) is 33.7. The molecular formula is C14H12BrNO7. The van der Waals surface area contributed by atoms with Gasteiger partial charge in [0.05, 0.1) is 10.9 Å². The Hall–Kier alpha value is -2.39. The average molecular weight is 386 g/mol. The van der Waals surface area contributed by atoms with E-state index in [1.165, 1.54) is 12.1 Å². The van der Waals surface area contributed by atoms with Crippen molar-refractivity contribution in [3.8, 4) is 5.75 Å². The summed E-state index contributed by atoms with van der Waals surface area (Å²) in [6.07, 6.45) is -0.487. The summed E-state index contributed by atoms with van der Waals surface area (Å²) in [6.45, 7) is -0.259. The molecule has 4 N–H and O–H groups in total. The van der Waals surface area contributed by atoms with Crippen molar-refractivity contribution in [2.75, 3.05) is 0 Å². The van der Waals surface area contributed by atoms with Crippen molar-refractivity contribution >= 4 is 38.8 Å². The lowest BCUT2D eigenvalue weighted by molar-refractivity contribution is -0.149. The van der Waals surface area contributed by atoms with Crippen molar-refractivity contribution in [3.63, 3.8) is 0 Å². The minimum atomic E-state index is -1.36. The highest BCUT2D eigenvalue weighted by atomic mass is 79.9. The third kappa shape index (κ3) is 4.08. The molecule has 0 aliphatic carbocycles. The van der Waals surface area contributed by atoms with Crippen molar-refractivity contribution in [3.05, 3.63) is 38.7 Å². The number of carbonyl (C=O) groups is 2. The Morgan fingerprint density at radius 1 is 1.35 bits per heavy atom. The van der Waals surface area contributed by atoms with Gasteiger partial charge in [0.15, 0.2) is 0 Å². The molecule has 0 amide bonds. The largest absolute Gasteiger partial charge is 0.507 e. The molecule has 1 heterocycles. The number of carboxylic acid groups (broad SMARTS) is 1. The first-order valence-corrected chi connectivity index (χ1v) is 7.16. The van der Waals surface area contributed by atoms with E-state index in [1.807, 2.05) is 0 Å². The van der Waals surface area contributed by atoms with Crippen molar-refractivity contribution in [2.24, 2.45) is 5.73 Å². The van der Waals surface area contributed by atoms with E-state index in [4.69, 9.17) is 20.0 Å². The second kappa shape index (κ2) is 6.80. The molecule has 0 bridgehead atoms. The van der Waals surface area contributed by atoms with Gasteiger partial charge in [-0.15, -0.1) is 0 Å². The average Bonchev–Trinajstić information content (AvgIpc) is 2.46. The molecule has 2 rings (SSSR count). The van der Waals surface area contributed by atoms with Crippen molar-refractivity contribution in [1.29, 1.82) is 0 Å². The fraction of sp³-hybridized carbons (Fsp3) is 0.214. The molecule has 8 nitrogen and oxygen atoms in total. The van der Waals surface area contributed by atoms with Crippen LogP contribution in [-0.2, 0) is 20.9 Å². The topological polar surface area (TPSA) is 140 Å². The zero-order valence-corrected chi connectivity index (χ0v) is 13.2. The fourth-order valence-electron chi connectivity index (χ4n) is 1.84. The van der Waals surface area contributed by atoms with Gasteiger partial charge in [0.1, 0.15) is 24.0 Å². The first-order valence-electron chi connectivity index (χ1n) is 6.37. The number of aromatic hydroxyl groups is 1. The van der Waals surface area contributed by atoms with Crippen molar-refractivity contribution in [2.45, 2.75) is 19.1 Å². The summed E-state index contributed by atoms with van der Waals surface area (Å²) in [5.41, 5.74) is 5.05. The maximum Gasteiger partial charge on any atom is 0.336 e. The molecule has 0 spiro atoms. The first kappa shape index (κ1) is 17.0. The highest BCUT2D eigenvalue weighted by molar-refractivity contribution is 9.10. The van der Waals surface area contributed by atoms with Crippen LogP contribution in [0, 0.1) is 0 Å². The summed E-state index contributed by atoms with van der Waals surface area (Å²) in [7, 11) is 0. The van der Waals surface area contributed by atoms with E-state index in [1.54, 1.807) is 0 Å². The highest BCUT2D eigenvalue weighted by Crippen LogP contribution is 2.30. The molecule has 0 aliphatic rings. The Bertz CT molecular complexity index is 830. The van der Waals surface area contributed by atoms with Crippen LogP contribution in [0.1, 0.15) is 12.0 Å². The van der Waals surface area contributed by atoms with Gasteiger partial charge in [-0.2, -0.15) is 0 Å². The van der Waals surface area contributed by atoms with Crippen LogP contribution in [0.15, 0.2) is 31.9 Å². The number of ether oxygens (including phenoxy) is 1. The van der Waals surface area contributed by atoms with Gasteiger partial charge >= 0.3 is 17.6 Å². The number of hydrogen-bond acceptors (Lipinski definition) is 7. The van der Waals surface area contributed by atoms with Crippen LogP contribution in [-0.4, -0.2) is 28.2 Å². The van der Waals surface area contributed by atoms with Gasteiger partial charge in [-0.1, -0.05) is 0 Å². The number of hydrogen-bond donors (Lipinski definition) is 3. The van der Waals surface area contributed by atoms with E-state index in [9.17, 15) is 19.5 Å². The maximum absolute atomic E-state index is 11.6. The zero-order chi connectivity index (χ0) is 17.1. The first-order chi connectivity index (χ1) is 10.8. The number of carbonyl (C=O) groups excluding carboxylic acids is 1. The monoisotopic (exact) mass is 385 g/mol. The van der Waals surface area contributed by atoms with E-state index in [0.717, 1.165) is 6.07 Å². The van der Waals surface area contributed by atoms with Gasteiger partial charge in [0.2, 0.25) is 0 Å². The maximum atomic E-state index is 11.6. The van der Waals surface area contributed by atoms with Crippen LogP contribution in [0.5, 0.6) is 5.75 Å². The van der Waals surface area contributed by atoms with Gasteiger partial charge in [-0.05, 0) is 22.0 Å². The standard InChI is InChI=1S/C14H12BrNO7/c15-8-2-7-6(1-13(19)23-11(7)4-10(8)17)5-22-12(18)3-9(16)14(20)21/h1-2,4,9,17H,3,5,16H2,(H,20,21)/t9-/m0/s1. The number of aliphatic carboxylic acids is 1. The predicted octanol–water partition coefficient (Wildman–Crippen LogP) is 1.11. The molecule has 0 saturated carbocycles. The van der Waals surface area contributed by atoms with E-state index < -0.39 is 30.0 Å². The molecule has 0 radical (unpaired) electrons. The van der Waals surface area contributed by atoms with Crippen LogP contribution in [0.25, 0.3) is 11.0 Å². The second-order valence-electron chi connectivity index (χ2n) is 4.70. The Labute approximate surface area is 137 Å². The SMILES string of the molecule is N[C@@H](CC(=O)OCc1cc(=O)oc2cc(O)c(Br)cc12)C(=O)O. The molecule has 1 aromatic carbocycles. The minimum absolute atomic E-state index is 0.109. The Morgan fingerprint density at radius 2 is 2.04 bits per heavy atom. The molecule has 9 heteroatoms. The van der Waals surface area contributed by atoms with Gasteiger partial charge in [-0.25, -0.2) is 4.79 Å². The summed E-state index contributed by atoms with van der Waals surface area (Å²) in [5, 5.41) is 18.7. The van der Waals surface area contributed by atoms with E-state index in [2.05, 4.69) is 15.9 Å². The van der Waals surface area contributed by atoms with Gasteiger partial charge in [-0.3, -0.25) is 9.59 Å². The quantitative estimate of drug-likeness (QED) is 0.513. The number of esters is 1. The van der Waals surface area contributed by atoms with E-state index in [0.29, 0.717) is 15.4 Å². The smallest absolute Gasteiger partial charge is 0.336 e. The second-order valence-corrected chi connectivity index (χ2v) is 5.55. The number of carboxylic acids is 1. The van der Waals surface area contributed by atoms with Crippen LogP contribution in [0.2, 0.25) is 0 Å². The van der Waals surface area contributed by atoms with Crippen molar-refractivity contribution in [1.82, 2.24) is 0 Å². The number of halogens is 1. The summed E-state index contributed by atoms with van der Waals surface area (Å²) in [5.74, 6) is -2.23. The van der Waals surface area contributed by atoms with Gasteiger partial charge < -0.3 is 25.1 Å². The Balaban J connectivity index is 2.23. The summed E-state index contributed by atoms with van der Waals surface area (Å²) >= 11 is 3.14. The number of phenols is 1. The van der Waals surface area contributed by atoms with Gasteiger partial charge in [0.25, 0.3) is 0 Å². The number of benzene rings is 1. The molecule has 0 saturated heterocycles. The Kier molecular flexibility index (Phi) is 5.02. The summed E-state index contributed by atoms with van der Waals surface area (Å²) in [6, 6.07) is 2.56. The van der Waals surface area contributed by atoms with Crippen LogP contribution >= 0.6 is 15.9 Å².